The Labute approximate surface area is 112 Å². The van der Waals surface area contributed by atoms with Crippen LogP contribution < -0.4 is 5.73 Å². The van der Waals surface area contributed by atoms with Gasteiger partial charge in [-0.25, -0.2) is 4.79 Å². The number of rotatable bonds is 2. The highest BCUT2D eigenvalue weighted by Gasteiger charge is 2.23. The van der Waals surface area contributed by atoms with Crippen LogP contribution in [0.25, 0.3) is 0 Å². The molecule has 5 nitrogen and oxygen atoms in total. The van der Waals surface area contributed by atoms with Gasteiger partial charge in [-0.15, -0.1) is 0 Å². The molecule has 0 spiro atoms. The predicted octanol–water partition coefficient (Wildman–Crippen LogP) is 0.883. The number of ether oxygens (including phenoxy) is 1. The summed E-state index contributed by atoms with van der Waals surface area (Å²) in [5, 5.41) is 9.57. The van der Waals surface area contributed by atoms with E-state index in [4.69, 9.17) is 10.5 Å². The smallest absolute Gasteiger partial charge is 0.410 e. The molecule has 0 saturated carbocycles. The van der Waals surface area contributed by atoms with Crippen molar-refractivity contribution >= 4 is 6.09 Å². The maximum Gasteiger partial charge on any atom is 0.410 e. The lowest BCUT2D eigenvalue weighted by Gasteiger charge is -2.23. The van der Waals surface area contributed by atoms with Crippen molar-refractivity contribution in [3.8, 4) is 0 Å². The highest BCUT2D eigenvalue weighted by molar-refractivity contribution is 5.68. The second-order valence-electron chi connectivity index (χ2n) is 4.53. The largest absolute Gasteiger partial charge is 0.445 e. The fourth-order valence-corrected chi connectivity index (χ4v) is 1.87. The van der Waals surface area contributed by atoms with Crippen LogP contribution >= 0.6 is 0 Å². The van der Waals surface area contributed by atoms with E-state index >= 15 is 0 Å². The Bertz CT molecular complexity index is 447. The van der Waals surface area contributed by atoms with Gasteiger partial charge in [0.05, 0.1) is 12.1 Å². The normalized spacial score (nSPS) is 22.9. The summed E-state index contributed by atoms with van der Waals surface area (Å²) in [5.41, 5.74) is 6.70. The molecular weight excluding hydrogens is 244 g/mol. The maximum atomic E-state index is 11.9. The zero-order valence-corrected chi connectivity index (χ0v) is 10.6. The average molecular weight is 262 g/mol. The second kappa shape index (κ2) is 6.36. The van der Waals surface area contributed by atoms with Gasteiger partial charge in [0.15, 0.2) is 0 Å². The lowest BCUT2D eigenvalue weighted by atomic mass is 10.2. The monoisotopic (exact) mass is 262 g/mol. The van der Waals surface area contributed by atoms with Crippen molar-refractivity contribution < 1.29 is 14.6 Å². The van der Waals surface area contributed by atoms with Gasteiger partial charge in [-0.2, -0.15) is 0 Å². The van der Waals surface area contributed by atoms with Crippen molar-refractivity contribution in [3.63, 3.8) is 0 Å². The lowest BCUT2D eigenvalue weighted by Crippen LogP contribution is -2.45. The van der Waals surface area contributed by atoms with Crippen LogP contribution in [0.1, 0.15) is 5.56 Å². The van der Waals surface area contributed by atoms with Gasteiger partial charge in [-0.1, -0.05) is 42.5 Å². The highest BCUT2D eigenvalue weighted by Crippen LogP contribution is 2.07. The van der Waals surface area contributed by atoms with Crippen LogP contribution in [0.3, 0.4) is 0 Å². The minimum Gasteiger partial charge on any atom is -0.445 e. The summed E-state index contributed by atoms with van der Waals surface area (Å²) in [7, 11) is 0. The molecule has 0 bridgehead atoms. The van der Waals surface area contributed by atoms with E-state index < -0.39 is 18.2 Å². The van der Waals surface area contributed by atoms with Gasteiger partial charge in [0.1, 0.15) is 6.61 Å². The standard InChI is InChI=1S/C14H18N2O3/c15-12-9-16(8-4-7-13(12)17)14(18)19-10-11-5-2-1-3-6-11/h1-7,12-13,17H,8-10,15H2/t12-,13+/m1/s1. The van der Waals surface area contributed by atoms with Crippen molar-refractivity contribution in [1.82, 2.24) is 4.90 Å². The molecule has 1 aromatic carbocycles. The van der Waals surface area contributed by atoms with Crippen molar-refractivity contribution in [2.75, 3.05) is 13.1 Å². The van der Waals surface area contributed by atoms with Gasteiger partial charge >= 0.3 is 6.09 Å². The van der Waals surface area contributed by atoms with Crippen LogP contribution in [0.5, 0.6) is 0 Å². The first-order valence-corrected chi connectivity index (χ1v) is 6.23. The van der Waals surface area contributed by atoms with Gasteiger partial charge < -0.3 is 20.5 Å². The first-order valence-electron chi connectivity index (χ1n) is 6.23. The highest BCUT2D eigenvalue weighted by atomic mass is 16.6. The summed E-state index contributed by atoms with van der Waals surface area (Å²) in [6, 6.07) is 9.00. The molecule has 1 heterocycles. The summed E-state index contributed by atoms with van der Waals surface area (Å²) in [5.74, 6) is 0. The van der Waals surface area contributed by atoms with Crippen molar-refractivity contribution in [2.24, 2.45) is 5.73 Å². The van der Waals surface area contributed by atoms with Crippen molar-refractivity contribution in [1.29, 1.82) is 0 Å². The molecule has 0 aromatic heterocycles. The third-order valence-corrected chi connectivity index (χ3v) is 2.99. The molecule has 102 valence electrons. The fourth-order valence-electron chi connectivity index (χ4n) is 1.87. The number of amides is 1. The molecule has 2 rings (SSSR count). The summed E-state index contributed by atoms with van der Waals surface area (Å²) in [4.78, 5) is 13.4. The van der Waals surface area contributed by atoms with E-state index in [0.29, 0.717) is 6.54 Å². The van der Waals surface area contributed by atoms with Gasteiger partial charge in [-0.3, -0.25) is 0 Å². The van der Waals surface area contributed by atoms with Crippen LogP contribution in [0, 0.1) is 0 Å². The summed E-state index contributed by atoms with van der Waals surface area (Å²) < 4.78 is 5.22. The second-order valence-corrected chi connectivity index (χ2v) is 4.53. The Kier molecular flexibility index (Phi) is 4.54. The molecule has 0 saturated heterocycles. The lowest BCUT2D eigenvalue weighted by molar-refractivity contribution is 0.0927. The Morgan fingerprint density at radius 2 is 2.16 bits per heavy atom. The van der Waals surface area contributed by atoms with Crippen molar-refractivity contribution in [2.45, 2.75) is 18.8 Å². The number of carbonyl (C=O) groups excluding carboxylic acids is 1. The topological polar surface area (TPSA) is 75.8 Å². The van der Waals surface area contributed by atoms with Crippen LogP contribution in [-0.4, -0.2) is 41.3 Å². The minimum atomic E-state index is -0.716. The first-order chi connectivity index (χ1) is 9.16. The Morgan fingerprint density at radius 1 is 1.42 bits per heavy atom. The average Bonchev–Trinajstić information content (AvgIpc) is 2.60. The molecule has 5 heteroatoms. The van der Waals surface area contributed by atoms with Crippen LogP contribution in [0.15, 0.2) is 42.5 Å². The zero-order chi connectivity index (χ0) is 13.7. The molecule has 19 heavy (non-hydrogen) atoms. The molecule has 3 N–H and O–H groups in total. The molecule has 0 unspecified atom stereocenters. The van der Waals surface area contributed by atoms with E-state index in [2.05, 4.69) is 0 Å². The number of aliphatic hydroxyl groups is 1. The summed E-state index contributed by atoms with van der Waals surface area (Å²) >= 11 is 0. The molecule has 1 aromatic rings. The van der Waals surface area contributed by atoms with E-state index in [1.54, 1.807) is 12.2 Å². The van der Waals surface area contributed by atoms with E-state index in [-0.39, 0.29) is 13.2 Å². The molecule has 1 aliphatic rings. The van der Waals surface area contributed by atoms with E-state index in [1.807, 2.05) is 30.3 Å². The van der Waals surface area contributed by atoms with E-state index in [1.165, 1.54) is 4.90 Å². The summed E-state index contributed by atoms with van der Waals surface area (Å²) in [6.07, 6.45) is 2.20. The number of hydrogen-bond acceptors (Lipinski definition) is 4. The summed E-state index contributed by atoms with van der Waals surface area (Å²) in [6.45, 7) is 0.915. The van der Waals surface area contributed by atoms with Crippen LogP contribution in [0.2, 0.25) is 0 Å². The number of carbonyl (C=O) groups is 1. The number of hydrogen-bond donors (Lipinski definition) is 2. The van der Waals surface area contributed by atoms with Gasteiger partial charge in [0.25, 0.3) is 0 Å². The number of nitrogens with zero attached hydrogens (tertiary/aromatic N) is 1. The SMILES string of the molecule is N[C@@H]1CN(C(=O)OCc2ccccc2)CC=C[C@@H]1O. The number of nitrogens with two attached hydrogens (primary N) is 1. The molecular formula is C14H18N2O3. The van der Waals surface area contributed by atoms with Crippen molar-refractivity contribution in [3.05, 3.63) is 48.0 Å². The van der Waals surface area contributed by atoms with Crippen LogP contribution in [-0.2, 0) is 11.3 Å². The van der Waals surface area contributed by atoms with Gasteiger partial charge in [0, 0.05) is 13.1 Å². The number of benzene rings is 1. The van der Waals surface area contributed by atoms with Gasteiger partial charge in [-0.05, 0) is 5.56 Å². The minimum absolute atomic E-state index is 0.234. The third kappa shape index (κ3) is 3.81. The Balaban J connectivity index is 1.88. The fraction of sp³-hybridized carbons (Fsp3) is 0.357. The van der Waals surface area contributed by atoms with Gasteiger partial charge in [0.2, 0.25) is 0 Å². The molecule has 1 amide bonds. The quantitative estimate of drug-likeness (QED) is 0.776. The molecule has 0 radical (unpaired) electrons. The third-order valence-electron chi connectivity index (χ3n) is 2.99. The predicted molar refractivity (Wildman–Crippen MR) is 71.3 cm³/mol. The molecule has 2 atom stereocenters. The molecule has 0 fully saturated rings. The Morgan fingerprint density at radius 3 is 2.89 bits per heavy atom. The molecule has 1 aliphatic heterocycles. The Hall–Kier alpha value is -1.85. The van der Waals surface area contributed by atoms with Crippen LogP contribution in [0.4, 0.5) is 4.79 Å². The molecule has 0 aliphatic carbocycles. The zero-order valence-electron chi connectivity index (χ0n) is 10.6. The number of aliphatic hydroxyl groups excluding tert-OH is 1. The van der Waals surface area contributed by atoms with E-state index in [9.17, 15) is 9.90 Å². The first kappa shape index (κ1) is 13.6. The van der Waals surface area contributed by atoms with E-state index in [0.717, 1.165) is 5.56 Å². The maximum absolute atomic E-state index is 11.9.